The lowest BCUT2D eigenvalue weighted by molar-refractivity contribution is 0.668. The van der Waals surface area contributed by atoms with Gasteiger partial charge < -0.3 is 5.73 Å². The van der Waals surface area contributed by atoms with E-state index in [4.69, 9.17) is 18.0 Å². The van der Waals surface area contributed by atoms with Gasteiger partial charge in [0.1, 0.15) is 4.99 Å². The molecule has 0 unspecified atom stereocenters. The van der Waals surface area contributed by atoms with Crippen LogP contribution >= 0.6 is 12.2 Å². The summed E-state index contributed by atoms with van der Waals surface area (Å²) in [6, 6.07) is 3.65. The average Bonchev–Trinajstić information content (AvgIpc) is 2.71. The Morgan fingerprint density at radius 1 is 1.44 bits per heavy atom. The monoisotopic (exact) mass is 262 g/mol. The lowest BCUT2D eigenvalue weighted by Gasteiger charge is -2.04. The molecule has 2 aromatic heterocycles. The van der Waals surface area contributed by atoms with Crippen LogP contribution in [0.2, 0.25) is 0 Å². The number of rotatable bonds is 4. The molecule has 0 amide bonds. The molecule has 0 atom stereocenters. The summed E-state index contributed by atoms with van der Waals surface area (Å²) in [5.41, 5.74) is 7.03. The van der Waals surface area contributed by atoms with E-state index >= 15 is 0 Å². The second-order valence-electron chi connectivity index (χ2n) is 3.91. The Kier molecular flexibility index (Phi) is 3.57. The Morgan fingerprint density at radius 3 is 2.78 bits per heavy atom. The molecule has 0 aliphatic rings. The number of aryl methyl sites for hydroxylation is 1. The van der Waals surface area contributed by atoms with E-state index in [0.29, 0.717) is 18.8 Å². The van der Waals surface area contributed by atoms with E-state index < -0.39 is 0 Å². The lowest BCUT2D eigenvalue weighted by Crippen LogP contribution is -2.24. The zero-order valence-corrected chi connectivity index (χ0v) is 10.9. The predicted octanol–water partition coefficient (Wildman–Crippen LogP) is 0.747. The SMILES string of the molecule is CCn1ccn(Cc2ccnc(C(N)=S)c2)c1=O. The van der Waals surface area contributed by atoms with Crippen molar-refractivity contribution >= 4 is 17.2 Å². The van der Waals surface area contributed by atoms with Gasteiger partial charge in [-0.3, -0.25) is 14.1 Å². The molecule has 0 radical (unpaired) electrons. The topological polar surface area (TPSA) is 65.8 Å². The molecule has 0 bridgehead atoms. The third-order valence-corrected chi connectivity index (χ3v) is 2.90. The Balaban J connectivity index is 2.28. The van der Waals surface area contributed by atoms with E-state index in [1.807, 2.05) is 13.0 Å². The Bertz CT molecular complexity index is 629. The molecule has 0 spiro atoms. The van der Waals surface area contributed by atoms with E-state index in [1.54, 1.807) is 33.8 Å². The summed E-state index contributed by atoms with van der Waals surface area (Å²) in [5.74, 6) is 0. The molecule has 2 rings (SSSR count). The number of hydrogen-bond donors (Lipinski definition) is 1. The van der Waals surface area contributed by atoms with Crippen LogP contribution in [0.15, 0.2) is 35.5 Å². The van der Waals surface area contributed by atoms with Gasteiger partial charge in [-0.2, -0.15) is 0 Å². The van der Waals surface area contributed by atoms with Crippen molar-refractivity contribution in [3.05, 3.63) is 52.5 Å². The quantitative estimate of drug-likeness (QED) is 0.826. The standard InChI is InChI=1S/C12H14N4OS/c1-2-15-5-6-16(12(15)17)8-9-3-4-14-10(7-9)11(13)18/h3-7H,2,8H2,1H3,(H2,13,18). The lowest BCUT2D eigenvalue weighted by atomic mass is 10.2. The fourth-order valence-corrected chi connectivity index (χ4v) is 1.83. The summed E-state index contributed by atoms with van der Waals surface area (Å²) < 4.78 is 3.29. The van der Waals surface area contributed by atoms with Gasteiger partial charge in [-0.1, -0.05) is 12.2 Å². The van der Waals surface area contributed by atoms with Crippen LogP contribution in [-0.2, 0) is 13.1 Å². The van der Waals surface area contributed by atoms with Crippen LogP contribution in [0.25, 0.3) is 0 Å². The maximum Gasteiger partial charge on any atom is 0.328 e. The van der Waals surface area contributed by atoms with E-state index in [1.165, 1.54) is 0 Å². The summed E-state index contributed by atoms with van der Waals surface area (Å²) in [7, 11) is 0. The van der Waals surface area contributed by atoms with Crippen molar-refractivity contribution in [1.82, 2.24) is 14.1 Å². The second kappa shape index (κ2) is 5.14. The highest BCUT2D eigenvalue weighted by atomic mass is 32.1. The van der Waals surface area contributed by atoms with Crippen LogP contribution in [0.1, 0.15) is 18.2 Å². The molecule has 2 heterocycles. The van der Waals surface area contributed by atoms with Crippen LogP contribution in [0, 0.1) is 0 Å². The molecule has 2 aromatic rings. The average molecular weight is 262 g/mol. The van der Waals surface area contributed by atoms with Gasteiger partial charge in [0.05, 0.1) is 12.2 Å². The maximum absolute atomic E-state index is 11.9. The molecule has 6 heteroatoms. The normalized spacial score (nSPS) is 10.5. The molecule has 0 aliphatic heterocycles. The predicted molar refractivity (Wildman–Crippen MR) is 73.6 cm³/mol. The molecular weight excluding hydrogens is 248 g/mol. The van der Waals surface area contributed by atoms with Gasteiger partial charge in [0.2, 0.25) is 0 Å². The smallest absolute Gasteiger partial charge is 0.328 e. The van der Waals surface area contributed by atoms with Crippen molar-refractivity contribution in [1.29, 1.82) is 0 Å². The summed E-state index contributed by atoms with van der Waals surface area (Å²) in [5, 5.41) is 0. The van der Waals surface area contributed by atoms with Crippen molar-refractivity contribution in [3.8, 4) is 0 Å². The fourth-order valence-electron chi connectivity index (χ4n) is 1.72. The first-order valence-corrected chi connectivity index (χ1v) is 6.03. The van der Waals surface area contributed by atoms with Crippen molar-refractivity contribution in [2.45, 2.75) is 20.0 Å². The number of thiocarbonyl (C=S) groups is 1. The summed E-state index contributed by atoms with van der Waals surface area (Å²) in [4.78, 5) is 16.2. The minimum absolute atomic E-state index is 0.0220. The van der Waals surface area contributed by atoms with Gasteiger partial charge in [0.25, 0.3) is 0 Å². The fraction of sp³-hybridized carbons (Fsp3) is 0.250. The van der Waals surface area contributed by atoms with Gasteiger partial charge in [0, 0.05) is 25.1 Å². The van der Waals surface area contributed by atoms with Gasteiger partial charge in [-0.05, 0) is 24.6 Å². The first-order valence-electron chi connectivity index (χ1n) is 5.62. The van der Waals surface area contributed by atoms with Crippen LogP contribution in [0.5, 0.6) is 0 Å². The first-order chi connectivity index (χ1) is 8.61. The zero-order valence-electron chi connectivity index (χ0n) is 10.0. The van der Waals surface area contributed by atoms with E-state index in [9.17, 15) is 4.79 Å². The highest BCUT2D eigenvalue weighted by Crippen LogP contribution is 2.03. The third-order valence-electron chi connectivity index (χ3n) is 2.69. The zero-order chi connectivity index (χ0) is 13.1. The van der Waals surface area contributed by atoms with Crippen LogP contribution < -0.4 is 11.4 Å². The van der Waals surface area contributed by atoms with Crippen LogP contribution in [0.3, 0.4) is 0 Å². The van der Waals surface area contributed by atoms with Gasteiger partial charge in [0.15, 0.2) is 0 Å². The highest BCUT2D eigenvalue weighted by molar-refractivity contribution is 7.80. The molecule has 0 fully saturated rings. The third kappa shape index (κ3) is 2.48. The molecular formula is C12H14N4OS. The largest absolute Gasteiger partial charge is 0.388 e. The number of pyridine rings is 1. The summed E-state index contributed by atoms with van der Waals surface area (Å²) in [6.45, 7) is 3.09. The molecule has 0 aliphatic carbocycles. The van der Waals surface area contributed by atoms with E-state index in [-0.39, 0.29) is 10.7 Å². The number of imidazole rings is 1. The number of nitrogens with zero attached hydrogens (tertiary/aromatic N) is 3. The van der Waals surface area contributed by atoms with Crippen molar-refractivity contribution in [3.63, 3.8) is 0 Å². The molecule has 0 saturated heterocycles. The van der Waals surface area contributed by atoms with Crippen LogP contribution in [-0.4, -0.2) is 19.1 Å². The molecule has 2 N–H and O–H groups in total. The Morgan fingerprint density at radius 2 is 2.17 bits per heavy atom. The van der Waals surface area contributed by atoms with Crippen molar-refractivity contribution in [2.75, 3.05) is 0 Å². The van der Waals surface area contributed by atoms with Gasteiger partial charge >= 0.3 is 5.69 Å². The molecule has 94 valence electrons. The molecule has 5 nitrogen and oxygen atoms in total. The second-order valence-corrected chi connectivity index (χ2v) is 4.35. The van der Waals surface area contributed by atoms with Crippen molar-refractivity contribution < 1.29 is 0 Å². The summed E-state index contributed by atoms with van der Waals surface area (Å²) >= 11 is 4.88. The first kappa shape index (κ1) is 12.5. The molecule has 0 aromatic carbocycles. The highest BCUT2D eigenvalue weighted by Gasteiger charge is 2.04. The van der Waals surface area contributed by atoms with E-state index in [0.717, 1.165) is 5.56 Å². The van der Waals surface area contributed by atoms with Crippen LogP contribution in [0.4, 0.5) is 0 Å². The van der Waals surface area contributed by atoms with Gasteiger partial charge in [-0.25, -0.2) is 4.79 Å². The summed E-state index contributed by atoms with van der Waals surface area (Å²) in [6.07, 6.45) is 5.19. The minimum Gasteiger partial charge on any atom is -0.388 e. The number of nitrogens with two attached hydrogens (primary N) is 1. The van der Waals surface area contributed by atoms with Crippen molar-refractivity contribution in [2.24, 2.45) is 5.73 Å². The minimum atomic E-state index is -0.0220. The molecule has 18 heavy (non-hydrogen) atoms. The Labute approximate surface area is 110 Å². The molecule has 0 saturated carbocycles. The number of aromatic nitrogens is 3. The number of hydrogen-bond acceptors (Lipinski definition) is 3. The Hall–Kier alpha value is -1.95. The van der Waals surface area contributed by atoms with Gasteiger partial charge in [-0.15, -0.1) is 0 Å². The maximum atomic E-state index is 11.9. The van der Waals surface area contributed by atoms with E-state index in [2.05, 4.69) is 4.98 Å².